The van der Waals surface area contributed by atoms with Crippen molar-refractivity contribution in [3.8, 4) is 5.75 Å². The normalized spacial score (nSPS) is 17.8. The lowest BCUT2D eigenvalue weighted by Crippen LogP contribution is -2.24. The molecule has 44 heavy (non-hydrogen) atoms. The van der Waals surface area contributed by atoms with E-state index in [1.165, 1.54) is 0 Å². The number of carbonyl (C=O) groups excluding carboxylic acids is 2. The van der Waals surface area contributed by atoms with Gasteiger partial charge >= 0.3 is 0 Å². The highest BCUT2D eigenvalue weighted by Gasteiger charge is 2.36. The number of benzene rings is 3. The molecule has 1 unspecified atom stereocenters. The van der Waals surface area contributed by atoms with Gasteiger partial charge in [-0.25, -0.2) is 0 Å². The van der Waals surface area contributed by atoms with Gasteiger partial charge in [-0.15, -0.1) is 0 Å². The molecule has 9 heteroatoms. The van der Waals surface area contributed by atoms with Crippen molar-refractivity contribution in [2.24, 2.45) is 10.6 Å². The van der Waals surface area contributed by atoms with Crippen molar-refractivity contribution in [3.63, 3.8) is 0 Å². The lowest BCUT2D eigenvalue weighted by Gasteiger charge is -2.26. The van der Waals surface area contributed by atoms with Gasteiger partial charge in [-0.05, 0) is 79.5 Å². The number of nitrogens with two attached hydrogens (primary N) is 2. The maximum absolute atomic E-state index is 14.0. The van der Waals surface area contributed by atoms with Crippen molar-refractivity contribution < 1.29 is 18.9 Å². The second kappa shape index (κ2) is 11.6. The molecule has 7 nitrogen and oxygen atoms in total. The lowest BCUT2D eigenvalue weighted by molar-refractivity contribution is 0.0980. The van der Waals surface area contributed by atoms with Crippen molar-refractivity contribution in [2.75, 3.05) is 11.1 Å². The molecule has 3 aromatic rings. The maximum Gasteiger partial charge on any atom is 0.196 e. The summed E-state index contributed by atoms with van der Waals surface area (Å²) in [6.07, 6.45) is 7.59. The van der Waals surface area contributed by atoms with Gasteiger partial charge < -0.3 is 20.3 Å². The molecule has 0 bridgehead atoms. The van der Waals surface area contributed by atoms with Crippen LogP contribution in [0.1, 0.15) is 76.2 Å². The molecule has 0 fully saturated rings. The summed E-state index contributed by atoms with van der Waals surface area (Å²) in [6.45, 7) is 14.1. The monoisotopic (exact) mass is 627 g/mol. The maximum atomic E-state index is 14.0. The Balaban J connectivity index is 1.71. The first-order valence-corrected chi connectivity index (χ1v) is 15.9. The summed E-state index contributed by atoms with van der Waals surface area (Å²) < 4.78 is 15.9. The summed E-state index contributed by atoms with van der Waals surface area (Å²) in [5.41, 5.74) is 12.6. The molecule has 5 rings (SSSR count). The molecular formula is C35H37N3O4S2. The van der Waals surface area contributed by atoms with Gasteiger partial charge in [0.15, 0.2) is 17.3 Å². The van der Waals surface area contributed by atoms with Crippen LogP contribution in [0.5, 0.6) is 5.75 Å². The molecule has 1 atom stereocenters. The van der Waals surface area contributed by atoms with Crippen LogP contribution in [0, 0.1) is 26.2 Å². The number of nitrogen functional groups attached to an aromatic ring is 1. The predicted octanol–water partition coefficient (Wildman–Crippen LogP) is 8.45. The van der Waals surface area contributed by atoms with E-state index in [2.05, 4.69) is 26.1 Å². The minimum atomic E-state index is -0.789. The van der Waals surface area contributed by atoms with E-state index < -0.39 is 4.75 Å². The molecule has 0 saturated carbocycles. The first-order chi connectivity index (χ1) is 20.7. The Labute approximate surface area is 267 Å². The van der Waals surface area contributed by atoms with Crippen LogP contribution >= 0.6 is 24.0 Å². The minimum Gasteiger partial charge on any atom is -0.455 e. The summed E-state index contributed by atoms with van der Waals surface area (Å²) in [5, 5.41) is 9.47. The fourth-order valence-electron chi connectivity index (χ4n) is 5.76. The van der Waals surface area contributed by atoms with Crippen LogP contribution in [0.15, 0.2) is 76.9 Å². The van der Waals surface area contributed by atoms with E-state index in [0.717, 1.165) is 44.8 Å². The summed E-state index contributed by atoms with van der Waals surface area (Å²) in [5.74, 6) is -0.0112. The number of ether oxygens (including phenoxy) is 1. The van der Waals surface area contributed by atoms with Crippen LogP contribution in [-0.2, 0) is 0 Å². The molecule has 6 N–H and O–H groups in total. The number of nitrogens with one attached hydrogen (secondary N) is 1. The van der Waals surface area contributed by atoms with E-state index in [-0.39, 0.29) is 39.5 Å². The van der Waals surface area contributed by atoms with Gasteiger partial charge in [0.05, 0.1) is 27.2 Å². The molecule has 3 aromatic carbocycles. The molecule has 2 aliphatic carbocycles. The lowest BCUT2D eigenvalue weighted by atomic mass is 9.82. The van der Waals surface area contributed by atoms with Crippen molar-refractivity contribution >= 4 is 52.6 Å². The SMILES string of the molecule is Cc1cc(C)c(SN)c(C)c1Nc1cc(OC2=CC(C)(SO)C=C(C(C)(C)C)C=C2)c(N)c2c1C(=O)c1ccccc1C2=O. The van der Waals surface area contributed by atoms with Gasteiger partial charge in [0.1, 0.15) is 5.76 Å². The van der Waals surface area contributed by atoms with E-state index in [1.807, 2.05) is 52.0 Å². The van der Waals surface area contributed by atoms with Crippen LogP contribution in [-0.4, -0.2) is 20.9 Å². The average molecular weight is 628 g/mol. The number of ketones is 2. The largest absolute Gasteiger partial charge is 0.455 e. The van der Waals surface area contributed by atoms with Gasteiger partial charge in [0.25, 0.3) is 0 Å². The molecule has 228 valence electrons. The number of hydrogen-bond acceptors (Lipinski definition) is 9. The number of hydrogen-bond donors (Lipinski definition) is 4. The summed E-state index contributed by atoms with van der Waals surface area (Å²) in [6, 6.07) is 10.5. The Hall–Kier alpha value is -3.76. The standard InChI is InChI=1S/C35H37N3O4S2/c1-18-14-19(2)33(43-37)20(3)30(18)38-25-15-26(42-22-13-12-21(34(4,5)6)16-35(7,17-22)44-41)29(36)28-27(25)31(39)23-10-8-9-11-24(23)32(28)40/h8-17,38,41H,36-37H2,1-7H3. The van der Waals surface area contributed by atoms with Gasteiger partial charge in [0, 0.05) is 39.8 Å². The van der Waals surface area contributed by atoms with Crippen LogP contribution in [0.2, 0.25) is 0 Å². The summed E-state index contributed by atoms with van der Waals surface area (Å²) in [7, 11) is 0. The number of rotatable bonds is 6. The predicted molar refractivity (Wildman–Crippen MR) is 182 cm³/mol. The van der Waals surface area contributed by atoms with Gasteiger partial charge in [-0.3, -0.25) is 14.7 Å². The molecule has 0 aliphatic heterocycles. The number of fused-ring (bicyclic) bond motifs is 2. The third kappa shape index (κ3) is 5.61. The third-order valence-corrected chi connectivity index (χ3v) is 9.56. The quantitative estimate of drug-likeness (QED) is 0.0946. The van der Waals surface area contributed by atoms with Gasteiger partial charge in [-0.1, -0.05) is 63.3 Å². The molecule has 0 saturated heterocycles. The van der Waals surface area contributed by atoms with Crippen molar-refractivity contribution in [1.82, 2.24) is 0 Å². The first-order valence-electron chi connectivity index (χ1n) is 14.2. The van der Waals surface area contributed by atoms with E-state index in [0.29, 0.717) is 34.6 Å². The van der Waals surface area contributed by atoms with Crippen LogP contribution < -0.4 is 20.9 Å². The van der Waals surface area contributed by atoms with Crippen molar-refractivity contribution in [2.45, 2.75) is 58.1 Å². The highest BCUT2D eigenvalue weighted by Crippen LogP contribution is 2.44. The minimum absolute atomic E-state index is 0.0647. The molecular weight excluding hydrogens is 591 g/mol. The summed E-state index contributed by atoms with van der Waals surface area (Å²) in [4.78, 5) is 28.9. The molecule has 0 aromatic heterocycles. The van der Waals surface area contributed by atoms with Crippen LogP contribution in [0.3, 0.4) is 0 Å². The fraction of sp³-hybridized carbons (Fsp3) is 0.257. The van der Waals surface area contributed by atoms with Crippen LogP contribution in [0.4, 0.5) is 17.1 Å². The number of allylic oxidation sites excluding steroid dienone is 3. The second-order valence-corrected chi connectivity index (χ2v) is 14.2. The van der Waals surface area contributed by atoms with E-state index in [9.17, 15) is 14.1 Å². The Kier molecular flexibility index (Phi) is 8.37. The molecule has 2 aliphatic rings. The van der Waals surface area contributed by atoms with E-state index in [4.69, 9.17) is 15.6 Å². The zero-order valence-electron chi connectivity index (χ0n) is 25.9. The molecule has 0 heterocycles. The fourth-order valence-corrected chi connectivity index (χ4v) is 6.64. The van der Waals surface area contributed by atoms with Crippen LogP contribution in [0.25, 0.3) is 0 Å². The second-order valence-electron chi connectivity index (χ2n) is 12.5. The Morgan fingerprint density at radius 1 is 0.932 bits per heavy atom. The smallest absolute Gasteiger partial charge is 0.196 e. The number of aryl methyl sites for hydroxylation is 2. The van der Waals surface area contributed by atoms with Crippen molar-refractivity contribution in [1.29, 1.82) is 0 Å². The third-order valence-electron chi connectivity index (χ3n) is 8.07. The van der Waals surface area contributed by atoms with Gasteiger partial charge in [-0.2, -0.15) is 0 Å². The zero-order valence-corrected chi connectivity index (χ0v) is 27.5. The first kappa shape index (κ1) is 31.7. The van der Waals surface area contributed by atoms with E-state index >= 15 is 0 Å². The molecule has 0 amide bonds. The Bertz CT molecular complexity index is 1820. The molecule has 0 radical (unpaired) electrons. The van der Waals surface area contributed by atoms with E-state index in [1.54, 1.807) is 36.4 Å². The zero-order chi connectivity index (χ0) is 32.1. The average Bonchev–Trinajstić information content (AvgIpc) is 3.14. The number of anilines is 3. The Morgan fingerprint density at radius 3 is 2.16 bits per heavy atom. The number of carbonyl (C=O) groups is 2. The van der Waals surface area contributed by atoms with Crippen molar-refractivity contribution in [3.05, 3.63) is 111 Å². The molecule has 0 spiro atoms. The van der Waals surface area contributed by atoms with Gasteiger partial charge in [0.2, 0.25) is 0 Å². The Morgan fingerprint density at radius 2 is 1.57 bits per heavy atom. The highest BCUT2D eigenvalue weighted by molar-refractivity contribution is 7.97. The summed E-state index contributed by atoms with van der Waals surface area (Å²) >= 11 is 1.86. The highest BCUT2D eigenvalue weighted by atomic mass is 32.2. The topological polar surface area (TPSA) is 128 Å².